The summed E-state index contributed by atoms with van der Waals surface area (Å²) < 4.78 is 27.8. The van der Waals surface area contributed by atoms with Crippen LogP contribution in [0.4, 0.5) is 0 Å². The molecular formula is C14H29N3O2S. The second kappa shape index (κ2) is 8.12. The SMILES string of the molecule is C=C(C)CN(C)S(=O)(=O)N1CCC(CNCCC)CC1. The van der Waals surface area contributed by atoms with Crippen molar-refractivity contribution in [1.29, 1.82) is 0 Å². The van der Waals surface area contributed by atoms with E-state index in [4.69, 9.17) is 0 Å². The van der Waals surface area contributed by atoms with Crippen molar-refractivity contribution in [3.63, 3.8) is 0 Å². The predicted octanol–water partition coefficient (Wildman–Crippen LogP) is 1.45. The summed E-state index contributed by atoms with van der Waals surface area (Å²) in [6, 6.07) is 0. The Morgan fingerprint density at radius 3 is 2.50 bits per heavy atom. The van der Waals surface area contributed by atoms with Gasteiger partial charge in [0.15, 0.2) is 0 Å². The van der Waals surface area contributed by atoms with Gasteiger partial charge in [-0.1, -0.05) is 19.1 Å². The standard InChI is InChI=1S/C14H29N3O2S/c1-5-8-15-11-14-6-9-17(10-7-14)20(18,19)16(4)12-13(2)3/h14-15H,2,5-12H2,1,3-4H3. The lowest BCUT2D eigenvalue weighted by Crippen LogP contribution is -2.47. The van der Waals surface area contributed by atoms with Crippen LogP contribution in [-0.4, -0.2) is 56.8 Å². The molecule has 1 fully saturated rings. The number of piperidine rings is 1. The zero-order valence-electron chi connectivity index (χ0n) is 13.1. The Bertz CT molecular complexity index is 401. The highest BCUT2D eigenvalue weighted by Crippen LogP contribution is 2.20. The molecule has 0 amide bonds. The van der Waals surface area contributed by atoms with Crippen LogP contribution < -0.4 is 5.32 Å². The monoisotopic (exact) mass is 303 g/mol. The molecule has 1 rings (SSSR count). The minimum atomic E-state index is -3.32. The maximum absolute atomic E-state index is 12.4. The molecule has 1 heterocycles. The van der Waals surface area contributed by atoms with Gasteiger partial charge in [-0.25, -0.2) is 0 Å². The quantitative estimate of drug-likeness (QED) is 0.545. The van der Waals surface area contributed by atoms with Gasteiger partial charge in [-0.2, -0.15) is 17.0 Å². The molecule has 0 radical (unpaired) electrons. The van der Waals surface area contributed by atoms with Gasteiger partial charge in [-0.15, -0.1) is 0 Å². The summed E-state index contributed by atoms with van der Waals surface area (Å²) in [5.41, 5.74) is 0.856. The van der Waals surface area contributed by atoms with Crippen LogP contribution in [0.15, 0.2) is 12.2 Å². The molecule has 1 saturated heterocycles. The highest BCUT2D eigenvalue weighted by atomic mass is 32.2. The average Bonchev–Trinajstić information content (AvgIpc) is 2.39. The van der Waals surface area contributed by atoms with E-state index in [0.29, 0.717) is 25.6 Å². The molecular weight excluding hydrogens is 274 g/mol. The smallest absolute Gasteiger partial charge is 0.282 e. The lowest BCUT2D eigenvalue weighted by molar-refractivity contribution is 0.255. The topological polar surface area (TPSA) is 52.7 Å². The molecule has 5 nitrogen and oxygen atoms in total. The minimum absolute atomic E-state index is 0.389. The Balaban J connectivity index is 2.45. The molecule has 0 saturated carbocycles. The van der Waals surface area contributed by atoms with E-state index in [-0.39, 0.29) is 0 Å². The van der Waals surface area contributed by atoms with Crippen LogP contribution in [-0.2, 0) is 10.2 Å². The molecule has 1 aliphatic heterocycles. The molecule has 0 atom stereocenters. The first-order valence-electron chi connectivity index (χ1n) is 7.44. The van der Waals surface area contributed by atoms with E-state index in [2.05, 4.69) is 18.8 Å². The van der Waals surface area contributed by atoms with Crippen LogP contribution in [0.2, 0.25) is 0 Å². The minimum Gasteiger partial charge on any atom is -0.316 e. The van der Waals surface area contributed by atoms with Crippen molar-refractivity contribution in [3.8, 4) is 0 Å². The molecule has 0 aromatic carbocycles. The summed E-state index contributed by atoms with van der Waals surface area (Å²) in [7, 11) is -1.70. The van der Waals surface area contributed by atoms with Gasteiger partial charge in [0.1, 0.15) is 0 Å². The normalized spacial score (nSPS) is 18.6. The summed E-state index contributed by atoms with van der Waals surface area (Å²) in [6.07, 6.45) is 3.02. The lowest BCUT2D eigenvalue weighted by Gasteiger charge is -2.33. The van der Waals surface area contributed by atoms with Gasteiger partial charge in [0.25, 0.3) is 10.2 Å². The molecule has 1 N–H and O–H groups in total. The second-order valence-corrected chi connectivity index (χ2v) is 7.80. The first kappa shape index (κ1) is 17.6. The fourth-order valence-corrected chi connectivity index (χ4v) is 3.94. The van der Waals surface area contributed by atoms with Crippen molar-refractivity contribution in [2.24, 2.45) is 5.92 Å². The maximum Gasteiger partial charge on any atom is 0.282 e. The Morgan fingerprint density at radius 1 is 1.40 bits per heavy atom. The van der Waals surface area contributed by atoms with Crippen molar-refractivity contribution < 1.29 is 8.42 Å². The average molecular weight is 303 g/mol. The number of rotatable bonds is 8. The van der Waals surface area contributed by atoms with Crippen molar-refractivity contribution in [1.82, 2.24) is 13.9 Å². The molecule has 0 bridgehead atoms. The number of likely N-dealkylation sites (N-methyl/N-ethyl adjacent to an activating group) is 1. The Labute approximate surface area is 124 Å². The lowest BCUT2D eigenvalue weighted by atomic mass is 9.98. The van der Waals surface area contributed by atoms with Gasteiger partial charge >= 0.3 is 0 Å². The van der Waals surface area contributed by atoms with E-state index < -0.39 is 10.2 Å². The van der Waals surface area contributed by atoms with E-state index in [9.17, 15) is 8.42 Å². The fourth-order valence-electron chi connectivity index (χ4n) is 2.49. The van der Waals surface area contributed by atoms with Gasteiger partial charge in [0, 0.05) is 26.7 Å². The Hall–Kier alpha value is -0.430. The van der Waals surface area contributed by atoms with Crippen molar-refractivity contribution in [3.05, 3.63) is 12.2 Å². The first-order chi connectivity index (χ1) is 9.37. The van der Waals surface area contributed by atoms with E-state index in [0.717, 1.165) is 37.9 Å². The third-order valence-electron chi connectivity index (χ3n) is 3.65. The molecule has 6 heteroatoms. The maximum atomic E-state index is 12.4. The van der Waals surface area contributed by atoms with Gasteiger partial charge in [0.2, 0.25) is 0 Å². The van der Waals surface area contributed by atoms with Crippen molar-refractivity contribution in [2.45, 2.75) is 33.1 Å². The summed E-state index contributed by atoms with van der Waals surface area (Å²) in [5.74, 6) is 0.597. The molecule has 118 valence electrons. The number of hydrogen-bond acceptors (Lipinski definition) is 3. The Kier molecular flexibility index (Phi) is 7.15. The summed E-state index contributed by atoms with van der Waals surface area (Å²) in [5, 5.41) is 3.42. The Morgan fingerprint density at radius 2 is 2.00 bits per heavy atom. The number of nitrogens with one attached hydrogen (secondary N) is 1. The largest absolute Gasteiger partial charge is 0.316 e. The summed E-state index contributed by atoms with van der Waals surface area (Å²) in [4.78, 5) is 0. The van der Waals surface area contributed by atoms with Crippen molar-refractivity contribution >= 4 is 10.2 Å². The van der Waals surface area contributed by atoms with Gasteiger partial charge in [0.05, 0.1) is 0 Å². The third-order valence-corrected chi connectivity index (χ3v) is 5.58. The highest BCUT2D eigenvalue weighted by molar-refractivity contribution is 7.86. The van der Waals surface area contributed by atoms with E-state index >= 15 is 0 Å². The van der Waals surface area contributed by atoms with Gasteiger partial charge < -0.3 is 5.32 Å². The molecule has 20 heavy (non-hydrogen) atoms. The zero-order valence-corrected chi connectivity index (χ0v) is 13.9. The third kappa shape index (κ3) is 5.16. The van der Waals surface area contributed by atoms with E-state index in [1.54, 1.807) is 11.4 Å². The fraction of sp³-hybridized carbons (Fsp3) is 0.857. The summed E-state index contributed by atoms with van der Waals surface area (Å²) >= 11 is 0. The van der Waals surface area contributed by atoms with Crippen LogP contribution >= 0.6 is 0 Å². The van der Waals surface area contributed by atoms with Crippen molar-refractivity contribution in [2.75, 3.05) is 39.8 Å². The number of nitrogens with zero attached hydrogens (tertiary/aromatic N) is 2. The van der Waals surface area contributed by atoms with E-state index in [1.165, 1.54) is 4.31 Å². The van der Waals surface area contributed by atoms with Gasteiger partial charge in [-0.05, 0) is 45.2 Å². The molecule has 0 spiro atoms. The highest BCUT2D eigenvalue weighted by Gasteiger charge is 2.30. The second-order valence-electron chi connectivity index (χ2n) is 5.77. The zero-order chi connectivity index (χ0) is 15.2. The first-order valence-corrected chi connectivity index (χ1v) is 8.84. The van der Waals surface area contributed by atoms with E-state index in [1.807, 2.05) is 6.92 Å². The van der Waals surface area contributed by atoms with Crippen LogP contribution in [0.25, 0.3) is 0 Å². The predicted molar refractivity (Wildman–Crippen MR) is 83.8 cm³/mol. The molecule has 0 aromatic heterocycles. The summed E-state index contributed by atoms with van der Waals surface area (Å²) in [6.45, 7) is 11.5. The van der Waals surface area contributed by atoms with Crippen LogP contribution in [0.1, 0.15) is 33.1 Å². The molecule has 0 aromatic rings. The van der Waals surface area contributed by atoms with Gasteiger partial charge in [-0.3, -0.25) is 0 Å². The van der Waals surface area contributed by atoms with Crippen LogP contribution in [0.3, 0.4) is 0 Å². The molecule has 0 unspecified atom stereocenters. The van der Waals surface area contributed by atoms with Crippen LogP contribution in [0, 0.1) is 5.92 Å². The molecule has 0 aliphatic carbocycles. The number of hydrogen-bond donors (Lipinski definition) is 1. The molecule has 1 aliphatic rings. The van der Waals surface area contributed by atoms with Crippen LogP contribution in [0.5, 0.6) is 0 Å².